The van der Waals surface area contributed by atoms with Crippen molar-refractivity contribution < 1.29 is 0 Å². The van der Waals surface area contributed by atoms with E-state index < -0.39 is 0 Å². The summed E-state index contributed by atoms with van der Waals surface area (Å²) < 4.78 is 0. The van der Waals surface area contributed by atoms with E-state index in [9.17, 15) is 0 Å². The topological polar surface area (TPSA) is 3.24 Å². The number of fused-ring (bicyclic) bond motifs is 6. The summed E-state index contributed by atoms with van der Waals surface area (Å²) in [5.74, 6) is 0.760. The van der Waals surface area contributed by atoms with Crippen molar-refractivity contribution in [2.24, 2.45) is 5.92 Å². The van der Waals surface area contributed by atoms with Crippen LogP contribution in [0.15, 0.2) is 176 Å². The fourth-order valence-corrected chi connectivity index (χ4v) is 9.76. The largest absolute Gasteiger partial charge is 0.310 e. The molecule has 11 rings (SSSR count). The van der Waals surface area contributed by atoms with Gasteiger partial charge in [-0.2, -0.15) is 0 Å². The van der Waals surface area contributed by atoms with Crippen molar-refractivity contribution in [3.8, 4) is 33.4 Å². The Labute approximate surface area is 280 Å². The van der Waals surface area contributed by atoms with Gasteiger partial charge >= 0.3 is 0 Å². The minimum atomic E-state index is -0.157. The number of benzene rings is 7. The van der Waals surface area contributed by atoms with Crippen LogP contribution in [0, 0.1) is 5.92 Å². The molecule has 3 unspecified atom stereocenters. The molecule has 224 valence electrons. The average Bonchev–Trinajstić information content (AvgIpc) is 3.75. The van der Waals surface area contributed by atoms with Gasteiger partial charge in [0.25, 0.3) is 0 Å². The molecule has 0 radical (unpaired) electrons. The molecule has 1 spiro atoms. The molecule has 0 heterocycles. The summed E-state index contributed by atoms with van der Waals surface area (Å²) in [7, 11) is 0. The van der Waals surface area contributed by atoms with Crippen molar-refractivity contribution >= 4 is 27.8 Å². The zero-order valence-corrected chi connectivity index (χ0v) is 26.3. The summed E-state index contributed by atoms with van der Waals surface area (Å²) in [5.41, 5.74) is 17.3. The summed E-state index contributed by atoms with van der Waals surface area (Å²) in [5, 5.41) is 2.52. The molecule has 0 saturated heterocycles. The normalized spacial score (nSPS) is 20.0. The summed E-state index contributed by atoms with van der Waals surface area (Å²) >= 11 is 0. The van der Waals surface area contributed by atoms with Crippen LogP contribution in [0.5, 0.6) is 0 Å². The molecule has 1 heteroatoms. The Kier molecular flexibility index (Phi) is 5.21. The Bertz CT molecular complexity index is 2530. The van der Waals surface area contributed by atoms with E-state index in [-0.39, 0.29) is 5.41 Å². The Morgan fingerprint density at radius 1 is 0.458 bits per heavy atom. The molecular weight excluding hydrogens is 579 g/mol. The van der Waals surface area contributed by atoms with Crippen molar-refractivity contribution in [1.29, 1.82) is 0 Å². The van der Waals surface area contributed by atoms with Crippen LogP contribution in [0.1, 0.15) is 28.2 Å². The second-order valence-corrected chi connectivity index (χ2v) is 13.6. The maximum atomic E-state index is 2.49. The first-order valence-corrected chi connectivity index (χ1v) is 17.0. The molecule has 7 aromatic rings. The van der Waals surface area contributed by atoms with Crippen molar-refractivity contribution in [2.45, 2.75) is 11.3 Å². The Hall–Kier alpha value is -5.92. The third-order valence-electron chi connectivity index (χ3n) is 11.4. The lowest BCUT2D eigenvalue weighted by Gasteiger charge is -2.34. The molecule has 0 aromatic heterocycles. The smallest absolute Gasteiger partial charge is 0.0550 e. The van der Waals surface area contributed by atoms with Crippen LogP contribution in [0.4, 0.5) is 17.1 Å². The Morgan fingerprint density at radius 2 is 1.12 bits per heavy atom. The molecule has 1 nitrogen and oxygen atoms in total. The average molecular weight is 610 g/mol. The summed E-state index contributed by atoms with van der Waals surface area (Å²) in [4.78, 5) is 2.46. The fourth-order valence-electron chi connectivity index (χ4n) is 9.76. The maximum Gasteiger partial charge on any atom is 0.0550 e. The molecule has 7 aromatic carbocycles. The first-order chi connectivity index (χ1) is 23.8. The Morgan fingerprint density at radius 3 is 2.04 bits per heavy atom. The van der Waals surface area contributed by atoms with Crippen LogP contribution in [-0.2, 0) is 5.41 Å². The van der Waals surface area contributed by atoms with E-state index in [1.807, 2.05) is 0 Å². The molecular formula is C47H31N. The molecule has 0 amide bonds. The minimum absolute atomic E-state index is 0.157. The van der Waals surface area contributed by atoms with Gasteiger partial charge in [0.2, 0.25) is 0 Å². The van der Waals surface area contributed by atoms with Gasteiger partial charge in [-0.3, -0.25) is 0 Å². The summed E-state index contributed by atoms with van der Waals surface area (Å²) in [6.07, 6.45) is 9.44. The van der Waals surface area contributed by atoms with Gasteiger partial charge in [0.15, 0.2) is 0 Å². The van der Waals surface area contributed by atoms with Gasteiger partial charge < -0.3 is 4.90 Å². The number of hydrogen-bond donors (Lipinski definition) is 0. The molecule has 0 fully saturated rings. The molecule has 4 aliphatic rings. The van der Waals surface area contributed by atoms with Gasteiger partial charge in [0.05, 0.1) is 11.1 Å². The molecule has 0 N–H and O–H groups in total. The van der Waals surface area contributed by atoms with Crippen molar-refractivity contribution in [3.05, 3.63) is 198 Å². The maximum absolute atomic E-state index is 2.49. The van der Waals surface area contributed by atoms with Crippen LogP contribution in [0.3, 0.4) is 0 Å². The van der Waals surface area contributed by atoms with E-state index in [4.69, 9.17) is 0 Å². The van der Waals surface area contributed by atoms with E-state index in [1.54, 1.807) is 0 Å². The summed E-state index contributed by atoms with van der Waals surface area (Å²) in [6, 6.07) is 56.4. The van der Waals surface area contributed by atoms with Crippen LogP contribution in [-0.4, -0.2) is 0 Å². The van der Waals surface area contributed by atoms with Crippen molar-refractivity contribution in [2.75, 3.05) is 4.90 Å². The second-order valence-electron chi connectivity index (χ2n) is 13.6. The first kappa shape index (κ1) is 26.2. The fraction of sp³-hybridized carbons (Fsp3) is 0.0638. The molecule has 0 saturated carbocycles. The zero-order valence-electron chi connectivity index (χ0n) is 26.3. The predicted molar refractivity (Wildman–Crippen MR) is 199 cm³/mol. The highest BCUT2D eigenvalue weighted by Crippen LogP contribution is 2.71. The highest BCUT2D eigenvalue weighted by Gasteiger charge is 2.61. The van der Waals surface area contributed by atoms with Crippen molar-refractivity contribution in [1.82, 2.24) is 0 Å². The van der Waals surface area contributed by atoms with Gasteiger partial charge in [-0.1, -0.05) is 146 Å². The zero-order chi connectivity index (χ0) is 31.4. The molecule has 0 bridgehead atoms. The van der Waals surface area contributed by atoms with Crippen LogP contribution >= 0.6 is 0 Å². The third kappa shape index (κ3) is 3.21. The third-order valence-corrected chi connectivity index (χ3v) is 11.4. The minimum Gasteiger partial charge on any atom is -0.310 e. The molecule has 3 atom stereocenters. The number of allylic oxidation sites excluding steroid dienone is 4. The van der Waals surface area contributed by atoms with E-state index in [0.717, 1.165) is 5.69 Å². The second kappa shape index (κ2) is 9.56. The lowest BCUT2D eigenvalue weighted by molar-refractivity contribution is 0.472. The van der Waals surface area contributed by atoms with E-state index in [2.05, 4.69) is 181 Å². The highest BCUT2D eigenvalue weighted by atomic mass is 15.1. The summed E-state index contributed by atoms with van der Waals surface area (Å²) in [6.45, 7) is 0. The van der Waals surface area contributed by atoms with Gasteiger partial charge in [0.1, 0.15) is 0 Å². The Balaban J connectivity index is 1.17. The molecule has 0 aliphatic heterocycles. The lowest BCUT2D eigenvalue weighted by Crippen LogP contribution is -2.31. The van der Waals surface area contributed by atoms with E-state index >= 15 is 0 Å². The SMILES string of the molecule is C1=CC2c3cccc4c3C3(c5ccc(N(c6ccccc6)c6ccccc6-c6cccc7ccccc67)cc5-c5cccc-4c53)C2C=C1. The first-order valence-electron chi connectivity index (χ1n) is 17.0. The predicted octanol–water partition coefficient (Wildman–Crippen LogP) is 12.1. The van der Waals surface area contributed by atoms with Gasteiger partial charge in [0, 0.05) is 28.8 Å². The molecule has 48 heavy (non-hydrogen) atoms. The van der Waals surface area contributed by atoms with Crippen LogP contribution in [0.2, 0.25) is 0 Å². The highest BCUT2D eigenvalue weighted by molar-refractivity contribution is 6.03. The van der Waals surface area contributed by atoms with E-state index in [1.165, 1.54) is 77.8 Å². The van der Waals surface area contributed by atoms with Gasteiger partial charge in [-0.15, -0.1) is 0 Å². The number of anilines is 3. The number of nitrogens with zero attached hydrogens (tertiary/aromatic N) is 1. The van der Waals surface area contributed by atoms with Gasteiger partial charge in [-0.05, 0) is 91.2 Å². The molecule has 4 aliphatic carbocycles. The van der Waals surface area contributed by atoms with Crippen LogP contribution < -0.4 is 4.90 Å². The van der Waals surface area contributed by atoms with Gasteiger partial charge in [-0.25, -0.2) is 0 Å². The van der Waals surface area contributed by atoms with Crippen LogP contribution in [0.25, 0.3) is 44.2 Å². The lowest BCUT2D eigenvalue weighted by atomic mass is 9.67. The number of hydrogen-bond acceptors (Lipinski definition) is 1. The number of rotatable bonds is 4. The number of para-hydroxylation sites is 2. The standard InChI is InChI=1S/C47H31N/c1-2-15-31(16-3-1)48(44-26-9-7-19-36(44)34-20-10-14-30-13-4-5-17-33(30)34)32-27-28-43-41(29-32)40-24-12-23-39-38-22-11-21-37-35-18-6-8-25-42(35)47(43,45(37)38)46(39)40/h1-29,35,42H. The monoisotopic (exact) mass is 609 g/mol. The van der Waals surface area contributed by atoms with Crippen molar-refractivity contribution in [3.63, 3.8) is 0 Å². The van der Waals surface area contributed by atoms with E-state index in [0.29, 0.717) is 11.8 Å². The quantitative estimate of drug-likeness (QED) is 0.192.